The van der Waals surface area contributed by atoms with Crippen LogP contribution < -0.4 is 22.4 Å². The number of hydrogen-bond acceptors (Lipinski definition) is 8. The molecule has 0 atom stereocenters. The molecule has 1 aromatic heterocycles. The van der Waals surface area contributed by atoms with Crippen molar-refractivity contribution in [3.05, 3.63) is 86.1 Å². The summed E-state index contributed by atoms with van der Waals surface area (Å²) < 4.78 is 11.3. The van der Waals surface area contributed by atoms with Crippen LogP contribution in [-0.4, -0.2) is 45.8 Å². The number of hydrogen-bond donors (Lipinski definition) is 1. The molecule has 12 nitrogen and oxygen atoms in total. The van der Waals surface area contributed by atoms with Gasteiger partial charge in [-0.3, -0.25) is 4.79 Å². The lowest BCUT2D eigenvalue weighted by molar-refractivity contribution is -0.116. The average Bonchev–Trinajstić information content (AvgIpc) is 2.80. The van der Waals surface area contributed by atoms with Gasteiger partial charge in [0.1, 0.15) is 6.54 Å². The minimum atomic E-state index is -1.00. The van der Waals surface area contributed by atoms with E-state index >= 15 is 0 Å². The number of allylic oxidation sites excluding steroid dienone is 2. The summed E-state index contributed by atoms with van der Waals surface area (Å²) in [7, 11) is 2.29. The molecule has 0 aliphatic rings. The van der Waals surface area contributed by atoms with E-state index in [0.29, 0.717) is 4.57 Å². The number of anilines is 1. The van der Waals surface area contributed by atoms with E-state index in [2.05, 4.69) is 27.9 Å². The Bertz CT molecular complexity index is 1220. The molecule has 0 bridgehead atoms. The number of benzene rings is 1. The largest absolute Gasteiger partial charge is 0.465 e. The molecule has 0 aliphatic heterocycles. The van der Waals surface area contributed by atoms with Crippen LogP contribution >= 0.6 is 0 Å². The van der Waals surface area contributed by atoms with Gasteiger partial charge >= 0.3 is 29.0 Å². The lowest BCUT2D eigenvalue weighted by atomic mass is 10.1. The molecular weight excluding hydrogens is 436 g/mol. The second kappa shape index (κ2) is 10.7. The van der Waals surface area contributed by atoms with Crippen molar-refractivity contribution in [2.24, 2.45) is 0 Å². The van der Waals surface area contributed by atoms with Gasteiger partial charge in [0.2, 0.25) is 5.91 Å². The van der Waals surface area contributed by atoms with Crippen LogP contribution in [-0.2, 0) is 33.9 Å². The third-order valence-electron chi connectivity index (χ3n) is 4.37. The van der Waals surface area contributed by atoms with E-state index in [1.54, 1.807) is 0 Å². The van der Waals surface area contributed by atoms with Crippen molar-refractivity contribution in [2.75, 3.05) is 19.5 Å². The fourth-order valence-corrected chi connectivity index (χ4v) is 2.90. The normalized spacial score (nSPS) is 10.2. The monoisotopic (exact) mass is 458 g/mol. The number of methoxy groups -OCH3 is 2. The van der Waals surface area contributed by atoms with Crippen LogP contribution in [0.15, 0.2) is 57.9 Å². The molecule has 2 aromatic rings. The van der Waals surface area contributed by atoms with E-state index in [4.69, 9.17) is 0 Å². The summed E-state index contributed by atoms with van der Waals surface area (Å²) in [6.07, 6.45) is 2.59. The molecule has 0 saturated carbocycles. The SMILES string of the molecule is C=CCn1c(=O)n(CC=C)c(=O)n(CC(=O)Nc2cc(C(=O)OC)cc(C(=O)OC)c2)c1=O. The van der Waals surface area contributed by atoms with Crippen LogP contribution in [0.5, 0.6) is 0 Å². The van der Waals surface area contributed by atoms with Gasteiger partial charge in [-0.1, -0.05) is 12.2 Å². The maximum atomic E-state index is 12.6. The first-order chi connectivity index (χ1) is 15.7. The molecule has 1 N–H and O–H groups in total. The molecule has 0 radical (unpaired) electrons. The topological polar surface area (TPSA) is 148 Å². The number of nitrogens with one attached hydrogen (secondary N) is 1. The second-order valence-corrected chi connectivity index (χ2v) is 6.56. The number of amides is 1. The molecular formula is C21H22N4O8. The molecule has 0 saturated heterocycles. The van der Waals surface area contributed by atoms with Crippen molar-refractivity contribution in [3.63, 3.8) is 0 Å². The van der Waals surface area contributed by atoms with Crippen molar-refractivity contribution in [1.82, 2.24) is 13.7 Å². The minimum absolute atomic E-state index is 0.0159. The van der Waals surface area contributed by atoms with Crippen molar-refractivity contribution in [3.8, 4) is 0 Å². The molecule has 1 heterocycles. The van der Waals surface area contributed by atoms with Crippen molar-refractivity contribution >= 4 is 23.5 Å². The van der Waals surface area contributed by atoms with E-state index < -0.39 is 41.5 Å². The highest BCUT2D eigenvalue weighted by Crippen LogP contribution is 2.17. The highest BCUT2D eigenvalue weighted by molar-refractivity contribution is 5.99. The molecule has 1 amide bonds. The first-order valence-corrected chi connectivity index (χ1v) is 9.46. The molecule has 1 aromatic carbocycles. The van der Waals surface area contributed by atoms with E-state index in [1.807, 2.05) is 0 Å². The number of aromatic nitrogens is 3. The number of rotatable bonds is 9. The Morgan fingerprint density at radius 3 is 1.64 bits per heavy atom. The van der Waals surface area contributed by atoms with Gasteiger partial charge in [0.15, 0.2) is 0 Å². The van der Waals surface area contributed by atoms with Crippen LogP contribution in [0.25, 0.3) is 0 Å². The summed E-state index contributed by atoms with van der Waals surface area (Å²) in [4.78, 5) is 74.1. The van der Waals surface area contributed by atoms with Crippen molar-refractivity contribution in [1.29, 1.82) is 0 Å². The summed E-state index contributed by atoms with van der Waals surface area (Å²) in [6.45, 7) is 5.83. The molecule has 12 heteroatoms. The van der Waals surface area contributed by atoms with Gasteiger partial charge in [-0.15, -0.1) is 13.2 Å². The van der Waals surface area contributed by atoms with Gasteiger partial charge in [0, 0.05) is 5.69 Å². The first kappa shape index (κ1) is 24.8. The number of carbonyl (C=O) groups excluding carboxylic acids is 3. The Labute approximate surface area is 187 Å². The zero-order chi connectivity index (χ0) is 24.7. The molecule has 174 valence electrons. The van der Waals surface area contributed by atoms with Crippen LogP contribution in [0.4, 0.5) is 5.69 Å². The third-order valence-corrected chi connectivity index (χ3v) is 4.37. The second-order valence-electron chi connectivity index (χ2n) is 6.56. The van der Waals surface area contributed by atoms with Crippen LogP contribution in [0, 0.1) is 0 Å². The average molecular weight is 458 g/mol. The Hall–Kier alpha value is -4.48. The number of nitrogens with zero attached hydrogens (tertiary/aromatic N) is 3. The van der Waals surface area contributed by atoms with Gasteiger partial charge in [0.25, 0.3) is 0 Å². The van der Waals surface area contributed by atoms with Gasteiger partial charge in [-0.05, 0) is 18.2 Å². The molecule has 33 heavy (non-hydrogen) atoms. The van der Waals surface area contributed by atoms with E-state index in [-0.39, 0.29) is 29.9 Å². The predicted octanol–water partition coefficient (Wildman–Crippen LogP) is -0.244. The van der Waals surface area contributed by atoms with E-state index in [9.17, 15) is 28.8 Å². The van der Waals surface area contributed by atoms with Crippen LogP contribution in [0.3, 0.4) is 0 Å². The maximum absolute atomic E-state index is 12.6. The van der Waals surface area contributed by atoms with Gasteiger partial charge < -0.3 is 14.8 Å². The summed E-state index contributed by atoms with van der Waals surface area (Å²) in [5.41, 5.74) is -2.93. The fraction of sp³-hybridized carbons (Fsp3) is 0.238. The number of carbonyl (C=O) groups is 3. The minimum Gasteiger partial charge on any atom is -0.465 e. The Balaban J connectivity index is 2.48. The number of esters is 2. The fourth-order valence-electron chi connectivity index (χ4n) is 2.90. The first-order valence-electron chi connectivity index (χ1n) is 9.46. The summed E-state index contributed by atoms with van der Waals surface area (Å²) >= 11 is 0. The Morgan fingerprint density at radius 1 is 0.818 bits per heavy atom. The number of ether oxygens (including phenoxy) is 2. The van der Waals surface area contributed by atoms with E-state index in [1.165, 1.54) is 30.4 Å². The van der Waals surface area contributed by atoms with Gasteiger partial charge in [-0.2, -0.15) is 0 Å². The highest BCUT2D eigenvalue weighted by Gasteiger charge is 2.18. The third kappa shape index (κ3) is 5.42. The van der Waals surface area contributed by atoms with Crippen molar-refractivity contribution in [2.45, 2.75) is 19.6 Å². The quantitative estimate of drug-likeness (QED) is 0.400. The predicted molar refractivity (Wildman–Crippen MR) is 117 cm³/mol. The summed E-state index contributed by atoms with van der Waals surface area (Å²) in [6, 6.07) is 3.71. The Kier molecular flexibility index (Phi) is 8.04. The molecule has 0 spiro atoms. The molecule has 2 rings (SSSR count). The zero-order valence-corrected chi connectivity index (χ0v) is 18.0. The van der Waals surface area contributed by atoms with E-state index in [0.717, 1.165) is 23.4 Å². The Morgan fingerprint density at radius 2 is 1.24 bits per heavy atom. The standard InChI is InChI=1S/C21H22N4O8/c1-5-7-23-19(29)24(8-6-2)21(31)25(20(23)30)12-16(26)22-15-10-13(17(27)32-3)9-14(11-15)18(28)33-4/h5-6,9-11H,1-2,7-8,12H2,3-4H3,(H,22,26). The molecule has 0 fully saturated rings. The lowest BCUT2D eigenvalue weighted by Gasteiger charge is -2.13. The van der Waals surface area contributed by atoms with Crippen molar-refractivity contribution < 1.29 is 23.9 Å². The maximum Gasteiger partial charge on any atom is 0.337 e. The van der Waals surface area contributed by atoms with Gasteiger partial charge in [-0.25, -0.2) is 37.7 Å². The molecule has 0 aliphatic carbocycles. The molecule has 0 unspecified atom stereocenters. The van der Waals surface area contributed by atoms with Crippen LogP contribution in [0.1, 0.15) is 20.7 Å². The lowest BCUT2D eigenvalue weighted by Crippen LogP contribution is -2.55. The van der Waals surface area contributed by atoms with Gasteiger partial charge in [0.05, 0.1) is 38.4 Å². The van der Waals surface area contributed by atoms with Crippen LogP contribution in [0.2, 0.25) is 0 Å². The zero-order valence-electron chi connectivity index (χ0n) is 18.0. The summed E-state index contributed by atoms with van der Waals surface area (Å²) in [5.74, 6) is -2.37. The highest BCUT2D eigenvalue weighted by atomic mass is 16.5. The smallest absolute Gasteiger partial charge is 0.337 e. The summed E-state index contributed by atoms with van der Waals surface area (Å²) in [5, 5.41) is 2.41.